The van der Waals surface area contributed by atoms with E-state index in [-0.39, 0.29) is 67.6 Å². The monoisotopic (exact) mass is 639 g/mol. The number of pyridine rings is 1. The second-order valence-electron chi connectivity index (χ2n) is 11.6. The minimum atomic E-state index is -0.936. The Morgan fingerprint density at radius 1 is 0.870 bits per heavy atom. The SMILES string of the molecule is CNCC(=O)NC(CC#CCC(NC(=O)[C@H](C)NC)C(=O)N1CCCC1CNC(=O)c1ccccn1)C(=O)N1CCCC1CNC. The predicted molar refractivity (Wildman–Crippen MR) is 173 cm³/mol. The molecular weight excluding hydrogens is 590 g/mol. The van der Waals surface area contributed by atoms with Crippen LogP contribution in [0.4, 0.5) is 0 Å². The molecule has 2 aliphatic heterocycles. The first-order valence-corrected chi connectivity index (χ1v) is 16.0. The molecule has 6 N–H and O–H groups in total. The molecule has 14 heteroatoms. The molecule has 0 saturated carbocycles. The van der Waals surface area contributed by atoms with Gasteiger partial charge in [0.1, 0.15) is 17.8 Å². The third-order valence-corrected chi connectivity index (χ3v) is 8.30. The summed E-state index contributed by atoms with van der Waals surface area (Å²) in [7, 11) is 5.15. The normalized spacial score (nSPS) is 19.4. The van der Waals surface area contributed by atoms with E-state index in [2.05, 4.69) is 48.7 Å². The van der Waals surface area contributed by atoms with Crippen molar-refractivity contribution in [2.24, 2.45) is 0 Å². The highest BCUT2D eigenvalue weighted by Crippen LogP contribution is 2.20. The van der Waals surface area contributed by atoms with Crippen LogP contribution in [0.5, 0.6) is 0 Å². The van der Waals surface area contributed by atoms with Crippen LogP contribution in [0.3, 0.4) is 0 Å². The van der Waals surface area contributed by atoms with Gasteiger partial charge in [-0.2, -0.15) is 0 Å². The number of hydrogen-bond donors (Lipinski definition) is 6. The molecular formula is C32H49N9O5. The van der Waals surface area contributed by atoms with E-state index in [1.54, 1.807) is 55.2 Å². The lowest BCUT2D eigenvalue weighted by Crippen LogP contribution is -2.54. The van der Waals surface area contributed by atoms with E-state index in [9.17, 15) is 24.0 Å². The summed E-state index contributed by atoms with van der Waals surface area (Å²) in [6, 6.07) is 2.56. The molecule has 5 amide bonds. The maximum Gasteiger partial charge on any atom is 0.269 e. The van der Waals surface area contributed by atoms with Gasteiger partial charge in [-0.05, 0) is 65.9 Å². The highest BCUT2D eigenvalue weighted by Gasteiger charge is 2.35. The van der Waals surface area contributed by atoms with Gasteiger partial charge in [0.2, 0.25) is 23.6 Å². The third kappa shape index (κ3) is 10.5. The van der Waals surface area contributed by atoms with Crippen molar-refractivity contribution in [2.75, 3.05) is 53.9 Å². The second kappa shape index (κ2) is 18.8. The number of aromatic nitrogens is 1. The summed E-state index contributed by atoms with van der Waals surface area (Å²) >= 11 is 0. The fraction of sp³-hybridized carbons (Fsp3) is 0.625. The molecule has 252 valence electrons. The number of carbonyl (C=O) groups is 5. The molecule has 4 unspecified atom stereocenters. The lowest BCUT2D eigenvalue weighted by Gasteiger charge is -2.29. The zero-order chi connectivity index (χ0) is 33.5. The largest absolute Gasteiger partial charge is 0.349 e. The number of likely N-dealkylation sites (tertiary alicyclic amines) is 2. The van der Waals surface area contributed by atoms with Gasteiger partial charge in [-0.3, -0.25) is 29.0 Å². The zero-order valence-electron chi connectivity index (χ0n) is 27.4. The van der Waals surface area contributed by atoms with E-state index in [1.165, 1.54) is 0 Å². The Labute approximate surface area is 271 Å². The van der Waals surface area contributed by atoms with Crippen molar-refractivity contribution >= 4 is 29.5 Å². The van der Waals surface area contributed by atoms with Gasteiger partial charge in [-0.25, -0.2) is 0 Å². The molecule has 46 heavy (non-hydrogen) atoms. The van der Waals surface area contributed by atoms with Crippen molar-refractivity contribution in [1.29, 1.82) is 0 Å². The summed E-state index contributed by atoms with van der Waals surface area (Å²) in [5, 5.41) is 17.3. The van der Waals surface area contributed by atoms with Crippen molar-refractivity contribution < 1.29 is 24.0 Å². The Bertz CT molecular complexity index is 1250. The van der Waals surface area contributed by atoms with Crippen LogP contribution >= 0.6 is 0 Å². The van der Waals surface area contributed by atoms with Gasteiger partial charge >= 0.3 is 0 Å². The van der Waals surface area contributed by atoms with Crippen LogP contribution in [0.25, 0.3) is 0 Å². The Kier molecular flexibility index (Phi) is 14.9. The van der Waals surface area contributed by atoms with E-state index in [0.29, 0.717) is 31.7 Å². The molecule has 3 rings (SSSR count). The summed E-state index contributed by atoms with van der Waals surface area (Å²) < 4.78 is 0. The topological polar surface area (TPSA) is 177 Å². The average molecular weight is 640 g/mol. The number of hydrogen-bond acceptors (Lipinski definition) is 9. The molecule has 5 atom stereocenters. The number of likely N-dealkylation sites (N-methyl/N-ethyl adjacent to an activating group) is 3. The first kappa shape index (κ1) is 36.4. The van der Waals surface area contributed by atoms with E-state index in [1.807, 2.05) is 7.05 Å². The number of carbonyl (C=O) groups excluding carboxylic acids is 5. The fourth-order valence-electron chi connectivity index (χ4n) is 5.69. The van der Waals surface area contributed by atoms with Crippen LogP contribution in [0.1, 0.15) is 55.9 Å². The van der Waals surface area contributed by atoms with E-state index < -0.39 is 18.1 Å². The third-order valence-electron chi connectivity index (χ3n) is 8.30. The van der Waals surface area contributed by atoms with Crippen LogP contribution in [-0.2, 0) is 19.2 Å². The van der Waals surface area contributed by atoms with E-state index in [4.69, 9.17) is 0 Å². The van der Waals surface area contributed by atoms with Gasteiger partial charge in [-0.15, -0.1) is 11.8 Å². The number of nitrogens with zero attached hydrogens (tertiary/aromatic N) is 3. The highest BCUT2D eigenvalue weighted by molar-refractivity contribution is 5.92. The molecule has 3 heterocycles. The van der Waals surface area contributed by atoms with Gasteiger partial charge < -0.3 is 41.7 Å². The molecule has 0 bridgehead atoms. The molecule has 0 aromatic carbocycles. The molecule has 2 fully saturated rings. The van der Waals surface area contributed by atoms with Crippen LogP contribution in [-0.4, -0.2) is 128 Å². The van der Waals surface area contributed by atoms with Crippen LogP contribution < -0.4 is 31.9 Å². The smallest absolute Gasteiger partial charge is 0.269 e. The Balaban J connectivity index is 1.72. The van der Waals surface area contributed by atoms with Crippen LogP contribution in [0.15, 0.2) is 24.4 Å². The van der Waals surface area contributed by atoms with Gasteiger partial charge in [-0.1, -0.05) is 6.07 Å². The van der Waals surface area contributed by atoms with Crippen LogP contribution in [0, 0.1) is 11.8 Å². The first-order valence-electron chi connectivity index (χ1n) is 16.0. The standard InChI is InChI=1S/C32H49N9O5/c1-22(35-4)29(43)39-27(32(46)41-18-10-12-24(41)20-37-30(44)25-13-7-8-16-36-25)15-6-5-14-26(38-28(42)21-34-3)31(45)40-17-9-11-23(40)19-33-2/h7-8,13,16,22-24,26-27,33-35H,9-12,14-15,17-21H2,1-4H3,(H,37,44)(H,38,42)(H,39,43)/t22-,23?,24?,26?,27?/m0/s1. The van der Waals surface area contributed by atoms with Gasteiger partial charge in [0.25, 0.3) is 5.91 Å². The zero-order valence-corrected chi connectivity index (χ0v) is 27.4. The molecule has 0 spiro atoms. The number of nitrogens with one attached hydrogen (secondary N) is 6. The number of amides is 5. The Morgan fingerprint density at radius 3 is 2.02 bits per heavy atom. The quantitative estimate of drug-likeness (QED) is 0.126. The first-order chi connectivity index (χ1) is 22.2. The van der Waals surface area contributed by atoms with Crippen molar-refractivity contribution in [2.45, 2.75) is 75.7 Å². The minimum Gasteiger partial charge on any atom is -0.349 e. The maximum atomic E-state index is 13.8. The summed E-state index contributed by atoms with van der Waals surface area (Å²) in [6.07, 6.45) is 4.86. The second-order valence-corrected chi connectivity index (χ2v) is 11.6. The predicted octanol–water partition coefficient (Wildman–Crippen LogP) is -1.41. The molecule has 1 aromatic heterocycles. The molecule has 0 radical (unpaired) electrons. The molecule has 14 nitrogen and oxygen atoms in total. The van der Waals surface area contributed by atoms with Gasteiger partial charge in [0.15, 0.2) is 0 Å². The molecule has 1 aromatic rings. The van der Waals surface area contributed by atoms with E-state index >= 15 is 0 Å². The molecule has 2 saturated heterocycles. The van der Waals surface area contributed by atoms with Crippen molar-refractivity contribution in [3.8, 4) is 11.8 Å². The Morgan fingerprint density at radius 2 is 1.48 bits per heavy atom. The summed E-state index contributed by atoms with van der Waals surface area (Å²) in [6.45, 7) is 3.76. The van der Waals surface area contributed by atoms with Gasteiger partial charge in [0, 0.05) is 57.3 Å². The maximum absolute atomic E-state index is 13.8. The van der Waals surface area contributed by atoms with Gasteiger partial charge in [0.05, 0.1) is 12.6 Å². The lowest BCUT2D eigenvalue weighted by molar-refractivity contribution is -0.137. The summed E-state index contributed by atoms with van der Waals surface area (Å²) in [5.41, 5.74) is 0.293. The number of rotatable bonds is 15. The minimum absolute atomic E-state index is 0.0159. The van der Waals surface area contributed by atoms with E-state index in [0.717, 1.165) is 19.3 Å². The molecule has 0 aliphatic carbocycles. The lowest BCUT2D eigenvalue weighted by atomic mass is 10.1. The molecule has 2 aliphatic rings. The van der Waals surface area contributed by atoms with Crippen molar-refractivity contribution in [1.82, 2.24) is 46.7 Å². The fourth-order valence-corrected chi connectivity index (χ4v) is 5.69. The highest BCUT2D eigenvalue weighted by atomic mass is 16.2. The van der Waals surface area contributed by atoms with Crippen LogP contribution in [0.2, 0.25) is 0 Å². The summed E-state index contributed by atoms with van der Waals surface area (Å²) in [4.78, 5) is 72.7. The average Bonchev–Trinajstić information content (AvgIpc) is 3.73. The Hall–Kier alpha value is -4.06. The van der Waals surface area contributed by atoms with Crippen molar-refractivity contribution in [3.63, 3.8) is 0 Å². The van der Waals surface area contributed by atoms with Crippen molar-refractivity contribution in [3.05, 3.63) is 30.1 Å². The summed E-state index contributed by atoms with van der Waals surface area (Å²) in [5.74, 6) is 4.53.